The molecule has 0 bridgehead atoms. The van der Waals surface area contributed by atoms with Gasteiger partial charge in [-0.25, -0.2) is 0 Å². The van der Waals surface area contributed by atoms with Crippen molar-refractivity contribution in [3.63, 3.8) is 0 Å². The molecule has 9 heteroatoms. The minimum atomic E-state index is -0.776. The number of hydrogen-bond donors (Lipinski definition) is 1. The highest BCUT2D eigenvalue weighted by Crippen LogP contribution is 2.32. The molecule has 2 saturated heterocycles. The number of aliphatic carboxylic acids is 1. The van der Waals surface area contributed by atoms with Crippen LogP contribution in [0.2, 0.25) is 0 Å². The van der Waals surface area contributed by atoms with Gasteiger partial charge in [0, 0.05) is 32.7 Å². The second-order valence-corrected chi connectivity index (χ2v) is 7.04. The Kier molecular flexibility index (Phi) is 5.87. The average Bonchev–Trinajstić information content (AvgIpc) is 3.01. The number of aromatic nitrogens is 3. The smallest absolute Gasteiger partial charge is 0.304 e. The first kappa shape index (κ1) is 18.8. The number of nitrogens with zero attached hydrogens (tertiary/aromatic N) is 5. The summed E-state index contributed by atoms with van der Waals surface area (Å²) < 4.78 is 8.07. The molecule has 26 heavy (non-hydrogen) atoms. The standard InChI is InChI=1S/C17H27N5O4/c1-2-21-13-18-19-14(21)12-22-9-10-26-17(11-15(22)23)4-7-20(8-5-17)6-3-16(24)25/h13H,2-12H2,1H3,(H,24,25). The number of carbonyl (C=O) groups excluding carboxylic acids is 1. The van der Waals surface area contributed by atoms with Gasteiger partial charge >= 0.3 is 5.97 Å². The third-order valence-electron chi connectivity index (χ3n) is 5.37. The number of ether oxygens (including phenoxy) is 1. The number of carboxylic acid groups (broad SMARTS) is 1. The van der Waals surface area contributed by atoms with Gasteiger partial charge in [-0.05, 0) is 19.8 Å². The molecule has 1 spiro atoms. The number of likely N-dealkylation sites (tertiary alicyclic amines) is 1. The first-order chi connectivity index (χ1) is 12.5. The van der Waals surface area contributed by atoms with E-state index in [0.717, 1.165) is 38.3 Å². The Morgan fingerprint density at radius 3 is 2.81 bits per heavy atom. The van der Waals surface area contributed by atoms with Crippen molar-refractivity contribution in [3.8, 4) is 0 Å². The van der Waals surface area contributed by atoms with Crippen LogP contribution in [0, 0.1) is 0 Å². The van der Waals surface area contributed by atoms with Crippen LogP contribution in [0.5, 0.6) is 0 Å². The maximum absolute atomic E-state index is 12.8. The highest BCUT2D eigenvalue weighted by Gasteiger charge is 2.40. The molecule has 0 aliphatic carbocycles. The molecule has 2 aliphatic rings. The molecule has 0 saturated carbocycles. The summed E-state index contributed by atoms with van der Waals surface area (Å²) in [6, 6.07) is 0. The highest BCUT2D eigenvalue weighted by atomic mass is 16.5. The summed E-state index contributed by atoms with van der Waals surface area (Å²) in [4.78, 5) is 27.5. The largest absolute Gasteiger partial charge is 0.481 e. The number of aryl methyl sites for hydroxylation is 1. The molecular formula is C17H27N5O4. The van der Waals surface area contributed by atoms with E-state index in [1.54, 1.807) is 6.33 Å². The fourth-order valence-electron chi connectivity index (χ4n) is 3.70. The average molecular weight is 365 g/mol. The van der Waals surface area contributed by atoms with Crippen LogP contribution < -0.4 is 0 Å². The maximum atomic E-state index is 12.8. The van der Waals surface area contributed by atoms with Crippen molar-refractivity contribution in [1.82, 2.24) is 24.6 Å². The van der Waals surface area contributed by atoms with Gasteiger partial charge in [-0.15, -0.1) is 10.2 Å². The highest BCUT2D eigenvalue weighted by molar-refractivity contribution is 5.77. The summed E-state index contributed by atoms with van der Waals surface area (Å²) in [5.74, 6) is 0.106. The van der Waals surface area contributed by atoms with E-state index in [1.165, 1.54) is 0 Å². The SMILES string of the molecule is CCn1cnnc1CN1CCOC2(CCN(CCC(=O)O)CC2)CC1=O. The number of carbonyl (C=O) groups is 2. The molecule has 0 atom stereocenters. The predicted molar refractivity (Wildman–Crippen MR) is 92.3 cm³/mol. The topological polar surface area (TPSA) is 101 Å². The Bertz CT molecular complexity index is 639. The molecule has 0 unspecified atom stereocenters. The molecule has 1 aromatic rings. The zero-order valence-corrected chi connectivity index (χ0v) is 15.3. The zero-order chi connectivity index (χ0) is 18.6. The van der Waals surface area contributed by atoms with Crippen molar-refractivity contribution in [2.24, 2.45) is 0 Å². The van der Waals surface area contributed by atoms with Gasteiger partial charge < -0.3 is 24.2 Å². The molecule has 3 heterocycles. The zero-order valence-electron chi connectivity index (χ0n) is 15.3. The molecule has 0 aromatic carbocycles. The van der Waals surface area contributed by atoms with E-state index < -0.39 is 11.6 Å². The minimum absolute atomic E-state index is 0.0899. The van der Waals surface area contributed by atoms with Crippen molar-refractivity contribution in [1.29, 1.82) is 0 Å². The van der Waals surface area contributed by atoms with Crippen LogP contribution in [-0.4, -0.2) is 79.9 Å². The van der Waals surface area contributed by atoms with Crippen LogP contribution in [-0.2, 0) is 27.4 Å². The predicted octanol–water partition coefficient (Wildman–Crippen LogP) is 0.356. The lowest BCUT2D eigenvalue weighted by Crippen LogP contribution is -2.47. The molecule has 2 aliphatic heterocycles. The summed E-state index contributed by atoms with van der Waals surface area (Å²) in [5.41, 5.74) is -0.413. The molecule has 1 aromatic heterocycles. The fourth-order valence-corrected chi connectivity index (χ4v) is 3.70. The summed E-state index contributed by atoms with van der Waals surface area (Å²) in [6.45, 7) is 6.41. The first-order valence-electron chi connectivity index (χ1n) is 9.24. The van der Waals surface area contributed by atoms with E-state index in [9.17, 15) is 9.59 Å². The van der Waals surface area contributed by atoms with Gasteiger partial charge in [0.1, 0.15) is 6.33 Å². The van der Waals surface area contributed by atoms with Crippen LogP contribution in [0.4, 0.5) is 0 Å². The Morgan fingerprint density at radius 1 is 1.35 bits per heavy atom. The maximum Gasteiger partial charge on any atom is 0.304 e. The van der Waals surface area contributed by atoms with Crippen LogP contribution in [0.1, 0.15) is 38.4 Å². The molecule has 1 N–H and O–H groups in total. The van der Waals surface area contributed by atoms with Crippen LogP contribution >= 0.6 is 0 Å². The Hall–Kier alpha value is -2.00. The number of amides is 1. The Balaban J connectivity index is 1.57. The van der Waals surface area contributed by atoms with Gasteiger partial charge in [0.25, 0.3) is 0 Å². The molecule has 144 valence electrons. The summed E-state index contributed by atoms with van der Waals surface area (Å²) in [5, 5.41) is 16.9. The summed E-state index contributed by atoms with van der Waals surface area (Å²) in [7, 11) is 0. The molecule has 3 rings (SSSR count). The van der Waals surface area contributed by atoms with Crippen molar-refractivity contribution in [2.45, 2.75) is 51.3 Å². The fraction of sp³-hybridized carbons (Fsp3) is 0.765. The third kappa shape index (κ3) is 4.39. The minimum Gasteiger partial charge on any atom is -0.481 e. The van der Waals surface area contributed by atoms with Crippen molar-refractivity contribution in [2.75, 3.05) is 32.8 Å². The lowest BCUT2D eigenvalue weighted by molar-refractivity contribution is -0.137. The third-order valence-corrected chi connectivity index (χ3v) is 5.37. The number of piperidine rings is 1. The molecule has 9 nitrogen and oxygen atoms in total. The lowest BCUT2D eigenvalue weighted by atomic mass is 9.87. The molecular weight excluding hydrogens is 338 g/mol. The van der Waals surface area contributed by atoms with Crippen LogP contribution in [0.25, 0.3) is 0 Å². The van der Waals surface area contributed by atoms with Crippen molar-refractivity contribution in [3.05, 3.63) is 12.2 Å². The van der Waals surface area contributed by atoms with E-state index in [-0.39, 0.29) is 12.3 Å². The van der Waals surface area contributed by atoms with Gasteiger partial charge in [0.15, 0.2) is 5.82 Å². The summed E-state index contributed by atoms with van der Waals surface area (Å²) in [6.07, 6.45) is 3.73. The van der Waals surface area contributed by atoms with Gasteiger partial charge in [0.05, 0.1) is 31.6 Å². The second kappa shape index (κ2) is 8.13. The van der Waals surface area contributed by atoms with Gasteiger partial charge in [0.2, 0.25) is 5.91 Å². The van der Waals surface area contributed by atoms with Gasteiger partial charge in [-0.2, -0.15) is 0 Å². The number of rotatable bonds is 6. The van der Waals surface area contributed by atoms with Gasteiger partial charge in [-0.1, -0.05) is 0 Å². The van der Waals surface area contributed by atoms with Crippen molar-refractivity contribution < 1.29 is 19.4 Å². The molecule has 1 amide bonds. The van der Waals surface area contributed by atoms with E-state index in [2.05, 4.69) is 15.1 Å². The Morgan fingerprint density at radius 2 is 2.12 bits per heavy atom. The summed E-state index contributed by atoms with van der Waals surface area (Å²) >= 11 is 0. The van der Waals surface area contributed by atoms with E-state index in [0.29, 0.717) is 32.7 Å². The second-order valence-electron chi connectivity index (χ2n) is 7.04. The quantitative estimate of drug-likeness (QED) is 0.776. The van der Waals surface area contributed by atoms with E-state index in [1.807, 2.05) is 16.4 Å². The molecule has 2 fully saturated rings. The monoisotopic (exact) mass is 365 g/mol. The number of hydrogen-bond acceptors (Lipinski definition) is 6. The lowest BCUT2D eigenvalue weighted by Gasteiger charge is -2.40. The molecule has 0 radical (unpaired) electrons. The Labute approximate surface area is 152 Å². The van der Waals surface area contributed by atoms with Crippen molar-refractivity contribution >= 4 is 11.9 Å². The normalized spacial score (nSPS) is 21.1. The van der Waals surface area contributed by atoms with Crippen LogP contribution in [0.15, 0.2) is 6.33 Å². The van der Waals surface area contributed by atoms with Crippen LogP contribution in [0.3, 0.4) is 0 Å². The van der Waals surface area contributed by atoms with E-state index in [4.69, 9.17) is 9.84 Å². The number of carboxylic acids is 1. The van der Waals surface area contributed by atoms with E-state index >= 15 is 0 Å². The first-order valence-corrected chi connectivity index (χ1v) is 9.24. The van der Waals surface area contributed by atoms with Gasteiger partial charge in [-0.3, -0.25) is 9.59 Å².